The number of aliphatic hydroxyl groups is 1. The van der Waals surface area contributed by atoms with E-state index in [1.54, 1.807) is 12.1 Å². The highest BCUT2D eigenvalue weighted by Crippen LogP contribution is 2.46. The SMILES string of the molecule is [2H]C([2H])(Oc1ccc(C#Cc2ccc(C(F)(F)[C@](O)(Cn3cnnn3)c3ccc(F)cc3F)nc2)cc1)c1ccc(C#N)nc1. The van der Waals surface area contributed by atoms with Gasteiger partial charge in [-0.3, -0.25) is 4.98 Å². The van der Waals surface area contributed by atoms with Crippen LogP contribution in [0.3, 0.4) is 0 Å². The molecule has 0 bridgehead atoms. The van der Waals surface area contributed by atoms with Crippen molar-refractivity contribution in [1.29, 1.82) is 5.26 Å². The number of benzene rings is 2. The van der Waals surface area contributed by atoms with E-state index in [9.17, 15) is 13.9 Å². The maximum Gasteiger partial charge on any atom is 0.323 e. The molecule has 214 valence electrons. The van der Waals surface area contributed by atoms with Gasteiger partial charge in [0, 0.05) is 40.7 Å². The van der Waals surface area contributed by atoms with Crippen LogP contribution in [-0.4, -0.2) is 35.3 Å². The average Bonchev–Trinajstić information content (AvgIpc) is 3.53. The predicted octanol–water partition coefficient (Wildman–Crippen LogP) is 4.27. The molecule has 2 aromatic carbocycles. The molecule has 0 aliphatic carbocycles. The zero-order valence-corrected chi connectivity index (χ0v) is 21.8. The van der Waals surface area contributed by atoms with Crippen LogP contribution in [0.2, 0.25) is 0 Å². The van der Waals surface area contributed by atoms with Gasteiger partial charge in [-0.15, -0.1) is 5.10 Å². The Kier molecular flexibility index (Phi) is 7.36. The second-order valence-corrected chi connectivity index (χ2v) is 9.02. The quantitative estimate of drug-likeness (QED) is 0.211. The van der Waals surface area contributed by atoms with Gasteiger partial charge in [-0.05, 0) is 65.0 Å². The number of alkyl halides is 2. The maximum absolute atomic E-state index is 15.9. The lowest BCUT2D eigenvalue weighted by atomic mass is 9.84. The highest BCUT2D eigenvalue weighted by atomic mass is 19.3. The molecule has 0 unspecified atom stereocenters. The van der Waals surface area contributed by atoms with Gasteiger partial charge in [0.05, 0.1) is 9.29 Å². The van der Waals surface area contributed by atoms with Crippen LogP contribution < -0.4 is 4.74 Å². The number of nitrogens with zero attached hydrogens (tertiary/aromatic N) is 7. The summed E-state index contributed by atoms with van der Waals surface area (Å²) in [5.74, 6) is -0.847. The minimum Gasteiger partial charge on any atom is -0.489 e. The molecule has 1 atom stereocenters. The normalized spacial score (nSPS) is 13.5. The molecule has 13 heteroatoms. The van der Waals surface area contributed by atoms with Crippen molar-refractivity contribution in [2.75, 3.05) is 0 Å². The van der Waals surface area contributed by atoms with Crippen LogP contribution in [0.25, 0.3) is 0 Å². The van der Waals surface area contributed by atoms with Gasteiger partial charge >= 0.3 is 5.92 Å². The first kappa shape index (κ1) is 26.3. The lowest BCUT2D eigenvalue weighted by molar-refractivity contribution is -0.207. The predicted molar refractivity (Wildman–Crippen MR) is 142 cm³/mol. The number of halogens is 4. The smallest absolute Gasteiger partial charge is 0.323 e. The molecule has 5 aromatic rings. The molecule has 0 aliphatic rings. The molecular weight excluding hydrogens is 566 g/mol. The summed E-state index contributed by atoms with van der Waals surface area (Å²) in [7, 11) is 0. The van der Waals surface area contributed by atoms with Crippen molar-refractivity contribution in [3.05, 3.63) is 131 Å². The fraction of sp³-hybridized carbons (Fsp3) is 0.133. The Balaban J connectivity index is 1.34. The number of tetrazole rings is 1. The van der Waals surface area contributed by atoms with E-state index in [0.717, 1.165) is 35.4 Å². The van der Waals surface area contributed by atoms with Crippen LogP contribution >= 0.6 is 0 Å². The topological polar surface area (TPSA) is 123 Å². The van der Waals surface area contributed by atoms with Crippen molar-refractivity contribution in [3.8, 4) is 23.7 Å². The second kappa shape index (κ2) is 12.1. The van der Waals surface area contributed by atoms with E-state index >= 15 is 8.78 Å². The number of hydrogen-bond donors (Lipinski definition) is 1. The van der Waals surface area contributed by atoms with Crippen molar-refractivity contribution < 1.29 is 30.1 Å². The van der Waals surface area contributed by atoms with Crippen LogP contribution in [0.15, 0.2) is 85.5 Å². The molecule has 1 N–H and O–H groups in total. The van der Waals surface area contributed by atoms with Crippen LogP contribution in [0.1, 0.15) is 36.4 Å². The monoisotopic (exact) mass is 587 g/mol. The standard InChI is InChI=1S/C30H19F4N7O2/c31-23-7-11-26(27(32)13-23)29(42,18-41-19-38-39-40-41)30(33,34)28-12-6-21(15-37-28)2-1-20-4-9-25(10-5-20)43-17-22-3-8-24(14-35)36-16-22/h3-13,15-16,19,42H,17-18H2/t29-/m0/s1/i17D2. The van der Waals surface area contributed by atoms with E-state index in [1.165, 1.54) is 36.5 Å². The van der Waals surface area contributed by atoms with E-state index in [1.807, 2.05) is 6.07 Å². The molecule has 3 heterocycles. The van der Waals surface area contributed by atoms with E-state index in [0.29, 0.717) is 11.6 Å². The molecule has 5 rings (SSSR count). The van der Waals surface area contributed by atoms with Gasteiger partial charge < -0.3 is 9.84 Å². The van der Waals surface area contributed by atoms with E-state index < -0.39 is 47.5 Å². The Hall–Kier alpha value is -5.66. The maximum atomic E-state index is 15.9. The van der Waals surface area contributed by atoms with Crippen molar-refractivity contribution in [2.24, 2.45) is 0 Å². The van der Waals surface area contributed by atoms with Crippen LogP contribution in [-0.2, 0) is 24.6 Å². The molecule has 0 spiro atoms. The molecule has 0 aliphatic heterocycles. The van der Waals surface area contributed by atoms with Crippen molar-refractivity contribution in [2.45, 2.75) is 24.6 Å². The molecule has 0 amide bonds. The molecule has 0 saturated heterocycles. The molecular formula is C30H19F4N7O2. The third-order valence-electron chi connectivity index (χ3n) is 6.13. The van der Waals surface area contributed by atoms with Gasteiger partial charge in [0.25, 0.3) is 0 Å². The summed E-state index contributed by atoms with van der Waals surface area (Å²) in [6.45, 7) is -3.21. The number of nitriles is 1. The molecule has 0 radical (unpaired) electrons. The summed E-state index contributed by atoms with van der Waals surface area (Å²) >= 11 is 0. The Morgan fingerprint density at radius 1 is 0.953 bits per heavy atom. The lowest BCUT2D eigenvalue weighted by Crippen LogP contribution is -2.48. The first-order valence-corrected chi connectivity index (χ1v) is 12.3. The highest BCUT2D eigenvalue weighted by molar-refractivity contribution is 5.44. The molecule has 9 nitrogen and oxygen atoms in total. The van der Waals surface area contributed by atoms with E-state index in [2.05, 4.69) is 37.3 Å². The minimum absolute atomic E-state index is 0.114. The summed E-state index contributed by atoms with van der Waals surface area (Å²) in [5, 5.41) is 30.3. The summed E-state index contributed by atoms with van der Waals surface area (Å²) in [4.78, 5) is 7.61. The first-order chi connectivity index (χ1) is 21.4. The summed E-state index contributed by atoms with van der Waals surface area (Å²) in [6.07, 6.45) is 3.21. The number of rotatable bonds is 8. The van der Waals surface area contributed by atoms with E-state index in [4.69, 9.17) is 12.7 Å². The number of pyridine rings is 2. The van der Waals surface area contributed by atoms with Crippen LogP contribution in [0, 0.1) is 34.8 Å². The van der Waals surface area contributed by atoms with Gasteiger partial charge in [-0.25, -0.2) is 18.4 Å². The zero-order chi connectivity index (χ0) is 32.2. The van der Waals surface area contributed by atoms with Crippen molar-refractivity contribution >= 4 is 0 Å². The summed E-state index contributed by atoms with van der Waals surface area (Å²) in [5.41, 5.74) is -4.10. The Morgan fingerprint density at radius 2 is 1.72 bits per heavy atom. The van der Waals surface area contributed by atoms with Gasteiger partial charge in [0.15, 0.2) is 5.60 Å². The van der Waals surface area contributed by atoms with Crippen LogP contribution in [0.5, 0.6) is 5.75 Å². The summed E-state index contributed by atoms with van der Waals surface area (Å²) in [6, 6.07) is 14.7. The van der Waals surface area contributed by atoms with Gasteiger partial charge in [-0.2, -0.15) is 14.0 Å². The average molecular weight is 588 g/mol. The highest BCUT2D eigenvalue weighted by Gasteiger charge is 2.58. The van der Waals surface area contributed by atoms with Gasteiger partial charge in [0.2, 0.25) is 0 Å². The van der Waals surface area contributed by atoms with Crippen LogP contribution in [0.4, 0.5) is 17.6 Å². The number of aromatic nitrogens is 6. The van der Waals surface area contributed by atoms with Crippen molar-refractivity contribution in [1.82, 2.24) is 30.2 Å². The third kappa shape index (κ3) is 6.32. The molecule has 43 heavy (non-hydrogen) atoms. The Bertz CT molecular complexity index is 1910. The van der Waals surface area contributed by atoms with Gasteiger partial charge in [-0.1, -0.05) is 17.9 Å². The lowest BCUT2D eigenvalue weighted by Gasteiger charge is -2.35. The fourth-order valence-corrected chi connectivity index (χ4v) is 3.92. The van der Waals surface area contributed by atoms with E-state index in [-0.39, 0.29) is 22.6 Å². The molecule has 3 aromatic heterocycles. The zero-order valence-electron chi connectivity index (χ0n) is 23.8. The van der Waals surface area contributed by atoms with Crippen molar-refractivity contribution in [3.63, 3.8) is 0 Å². The number of hydrogen-bond acceptors (Lipinski definition) is 8. The second-order valence-electron chi connectivity index (χ2n) is 9.02. The largest absolute Gasteiger partial charge is 0.489 e. The number of ether oxygens (including phenoxy) is 1. The minimum atomic E-state index is -4.21. The summed E-state index contributed by atoms with van der Waals surface area (Å²) < 4.78 is 82.6. The third-order valence-corrected chi connectivity index (χ3v) is 6.13. The van der Waals surface area contributed by atoms with Gasteiger partial charge in [0.1, 0.15) is 47.7 Å². The first-order valence-electron chi connectivity index (χ1n) is 13.3. The Morgan fingerprint density at radius 3 is 2.35 bits per heavy atom. The fourth-order valence-electron chi connectivity index (χ4n) is 3.92. The Labute approximate surface area is 244 Å². The molecule has 0 saturated carbocycles. The molecule has 0 fully saturated rings.